The molecule has 2 N–H and O–H groups in total. The minimum Gasteiger partial charge on any atom is -0.353 e. The fourth-order valence-corrected chi connectivity index (χ4v) is 3.88. The van der Waals surface area contributed by atoms with Crippen molar-refractivity contribution in [3.05, 3.63) is 71.8 Å². The summed E-state index contributed by atoms with van der Waals surface area (Å²) in [6.45, 7) is 0. The van der Waals surface area contributed by atoms with Crippen molar-refractivity contribution in [1.29, 1.82) is 5.26 Å². The molecule has 150 valence electrons. The van der Waals surface area contributed by atoms with Gasteiger partial charge in [0.2, 0.25) is 11.8 Å². The van der Waals surface area contributed by atoms with Gasteiger partial charge in [0.25, 0.3) is 0 Å². The molecule has 0 bridgehead atoms. The van der Waals surface area contributed by atoms with E-state index in [1.165, 1.54) is 0 Å². The van der Waals surface area contributed by atoms with Crippen molar-refractivity contribution in [2.45, 2.75) is 50.6 Å². The van der Waals surface area contributed by atoms with Crippen LogP contribution in [0.3, 0.4) is 0 Å². The van der Waals surface area contributed by atoms with Crippen molar-refractivity contribution in [2.75, 3.05) is 0 Å². The van der Waals surface area contributed by atoms with Crippen LogP contribution in [0.5, 0.6) is 0 Å². The van der Waals surface area contributed by atoms with Gasteiger partial charge in [0.05, 0.1) is 12.0 Å². The molecule has 0 saturated heterocycles. The third-order valence-electron chi connectivity index (χ3n) is 5.48. The van der Waals surface area contributed by atoms with Crippen LogP contribution in [0, 0.1) is 17.2 Å². The lowest BCUT2D eigenvalue weighted by Crippen LogP contribution is -2.48. The van der Waals surface area contributed by atoms with Gasteiger partial charge in [-0.3, -0.25) is 9.59 Å². The van der Waals surface area contributed by atoms with Gasteiger partial charge < -0.3 is 10.6 Å². The van der Waals surface area contributed by atoms with Crippen molar-refractivity contribution in [2.24, 2.45) is 5.92 Å². The quantitative estimate of drug-likeness (QED) is 0.758. The number of hydrogen-bond donors (Lipinski definition) is 2. The first-order valence-corrected chi connectivity index (χ1v) is 10.3. The monoisotopic (exact) mass is 389 g/mol. The summed E-state index contributed by atoms with van der Waals surface area (Å²) in [6.07, 6.45) is 4.55. The van der Waals surface area contributed by atoms with E-state index in [0.717, 1.165) is 36.8 Å². The molecule has 2 aromatic carbocycles. The van der Waals surface area contributed by atoms with Crippen LogP contribution < -0.4 is 10.6 Å². The molecule has 1 fully saturated rings. The van der Waals surface area contributed by atoms with Crippen LogP contribution in [0.25, 0.3) is 0 Å². The Morgan fingerprint density at radius 3 is 2.34 bits per heavy atom. The lowest BCUT2D eigenvalue weighted by atomic mass is 9.83. The Bertz CT molecular complexity index is 845. The number of rotatable bonds is 7. The van der Waals surface area contributed by atoms with Crippen LogP contribution in [-0.2, 0) is 16.0 Å². The molecule has 1 aliphatic carbocycles. The first-order valence-electron chi connectivity index (χ1n) is 10.3. The van der Waals surface area contributed by atoms with Crippen molar-refractivity contribution in [1.82, 2.24) is 10.6 Å². The molecule has 0 radical (unpaired) electrons. The summed E-state index contributed by atoms with van der Waals surface area (Å²) in [5, 5.41) is 15.4. The lowest BCUT2D eigenvalue weighted by molar-refractivity contribution is -0.128. The van der Waals surface area contributed by atoms with Crippen LogP contribution in [-0.4, -0.2) is 17.9 Å². The van der Waals surface area contributed by atoms with E-state index in [2.05, 4.69) is 16.7 Å². The summed E-state index contributed by atoms with van der Waals surface area (Å²) in [5.41, 5.74) is 1.89. The Morgan fingerprint density at radius 1 is 1.00 bits per heavy atom. The number of carbonyl (C=O) groups is 2. The highest BCUT2D eigenvalue weighted by atomic mass is 16.2. The van der Waals surface area contributed by atoms with Gasteiger partial charge in [-0.1, -0.05) is 73.5 Å². The predicted molar refractivity (Wildman–Crippen MR) is 112 cm³/mol. The van der Waals surface area contributed by atoms with Crippen molar-refractivity contribution < 1.29 is 9.59 Å². The molecule has 5 heteroatoms. The van der Waals surface area contributed by atoms with Gasteiger partial charge in [-0.15, -0.1) is 0 Å². The maximum absolute atomic E-state index is 12.9. The number of benzene rings is 2. The number of amides is 2. The summed E-state index contributed by atoms with van der Waals surface area (Å²) in [6, 6.07) is 20.4. The molecule has 0 spiro atoms. The van der Waals surface area contributed by atoms with Gasteiger partial charge >= 0.3 is 0 Å². The fraction of sp³-hybridized carbons (Fsp3) is 0.375. The Kier molecular flexibility index (Phi) is 7.40. The topological polar surface area (TPSA) is 82.0 Å². The largest absolute Gasteiger partial charge is 0.353 e. The summed E-state index contributed by atoms with van der Waals surface area (Å²) >= 11 is 0. The van der Waals surface area contributed by atoms with E-state index >= 15 is 0 Å². The number of nitrogens with zero attached hydrogens (tertiary/aromatic N) is 1. The first kappa shape index (κ1) is 20.6. The SMILES string of the molecule is N#CC(NC(=O)[C@@H]1CCCC[C@@H]1NC(=O)CCc1ccccc1)c1ccccc1. The van der Waals surface area contributed by atoms with E-state index in [9.17, 15) is 14.9 Å². The van der Waals surface area contributed by atoms with Gasteiger partial charge in [-0.25, -0.2) is 0 Å². The normalized spacial score (nSPS) is 19.6. The van der Waals surface area contributed by atoms with Crippen molar-refractivity contribution >= 4 is 11.8 Å². The van der Waals surface area contributed by atoms with Crippen molar-refractivity contribution in [3.8, 4) is 6.07 Å². The molecule has 0 aromatic heterocycles. The maximum Gasteiger partial charge on any atom is 0.226 e. The van der Waals surface area contributed by atoms with Gasteiger partial charge in [0.15, 0.2) is 0 Å². The smallest absolute Gasteiger partial charge is 0.226 e. The Labute approximate surface area is 172 Å². The standard InChI is InChI=1S/C24H27N3O2/c25-17-22(19-11-5-2-6-12-19)27-24(29)20-13-7-8-14-21(20)26-23(28)16-15-18-9-3-1-4-10-18/h1-6,9-12,20-22H,7-8,13-16H2,(H,26,28)(H,27,29)/t20-,21+,22?/m1/s1. The second kappa shape index (κ2) is 10.4. The van der Waals surface area contributed by atoms with E-state index in [1.807, 2.05) is 60.7 Å². The van der Waals surface area contributed by atoms with Gasteiger partial charge in [-0.05, 0) is 30.4 Å². The molecule has 5 nitrogen and oxygen atoms in total. The molecule has 2 amide bonds. The molecular weight excluding hydrogens is 362 g/mol. The minimum absolute atomic E-state index is 0.0292. The van der Waals surface area contributed by atoms with Crippen LogP contribution >= 0.6 is 0 Å². The highest BCUT2D eigenvalue weighted by Gasteiger charge is 2.33. The second-order valence-electron chi connectivity index (χ2n) is 7.53. The summed E-state index contributed by atoms with van der Waals surface area (Å²) < 4.78 is 0. The van der Waals surface area contributed by atoms with Gasteiger partial charge in [-0.2, -0.15) is 5.26 Å². The molecule has 3 atom stereocenters. The molecule has 3 rings (SSSR count). The third kappa shape index (κ3) is 5.92. The molecule has 1 aliphatic rings. The minimum atomic E-state index is -0.681. The lowest BCUT2D eigenvalue weighted by Gasteiger charge is -2.32. The van der Waals surface area contributed by atoms with E-state index in [0.29, 0.717) is 12.8 Å². The molecule has 0 aliphatic heterocycles. The van der Waals surface area contributed by atoms with Crippen LogP contribution in [0.1, 0.15) is 49.3 Å². The molecule has 29 heavy (non-hydrogen) atoms. The van der Waals surface area contributed by atoms with E-state index in [1.54, 1.807) is 0 Å². The summed E-state index contributed by atoms with van der Waals surface area (Å²) in [4.78, 5) is 25.4. The molecule has 2 aromatic rings. The fourth-order valence-electron chi connectivity index (χ4n) is 3.88. The highest BCUT2D eigenvalue weighted by molar-refractivity contribution is 5.82. The molecular formula is C24H27N3O2. The van der Waals surface area contributed by atoms with Gasteiger partial charge in [0.1, 0.15) is 6.04 Å². The number of hydrogen-bond acceptors (Lipinski definition) is 3. The second-order valence-corrected chi connectivity index (χ2v) is 7.53. The van der Waals surface area contributed by atoms with E-state index in [4.69, 9.17) is 0 Å². The Hall–Kier alpha value is -3.13. The number of nitrogens with one attached hydrogen (secondary N) is 2. The average Bonchev–Trinajstić information content (AvgIpc) is 2.77. The van der Waals surface area contributed by atoms with Gasteiger partial charge in [0, 0.05) is 12.5 Å². The third-order valence-corrected chi connectivity index (χ3v) is 5.48. The average molecular weight is 389 g/mol. The van der Waals surface area contributed by atoms with Crippen molar-refractivity contribution in [3.63, 3.8) is 0 Å². The number of nitriles is 1. The number of carbonyl (C=O) groups excluding carboxylic acids is 2. The van der Waals surface area contributed by atoms with Crippen LogP contribution in [0.2, 0.25) is 0 Å². The number of aryl methyl sites for hydroxylation is 1. The van der Waals surface area contributed by atoms with E-state index < -0.39 is 6.04 Å². The highest BCUT2D eigenvalue weighted by Crippen LogP contribution is 2.26. The first-order chi connectivity index (χ1) is 14.2. The predicted octanol–water partition coefficient (Wildman–Crippen LogP) is 3.68. The summed E-state index contributed by atoms with van der Waals surface area (Å²) in [7, 11) is 0. The molecule has 1 unspecified atom stereocenters. The van der Waals surface area contributed by atoms with Crippen LogP contribution in [0.15, 0.2) is 60.7 Å². The van der Waals surface area contributed by atoms with Crippen LogP contribution in [0.4, 0.5) is 0 Å². The molecule has 1 saturated carbocycles. The zero-order valence-corrected chi connectivity index (χ0v) is 16.5. The Morgan fingerprint density at radius 2 is 1.66 bits per heavy atom. The zero-order chi connectivity index (χ0) is 20.5. The molecule has 0 heterocycles. The van der Waals surface area contributed by atoms with E-state index in [-0.39, 0.29) is 23.8 Å². The zero-order valence-electron chi connectivity index (χ0n) is 16.5. The maximum atomic E-state index is 12.9. The summed E-state index contributed by atoms with van der Waals surface area (Å²) in [5.74, 6) is -0.490. The Balaban J connectivity index is 1.57.